The van der Waals surface area contributed by atoms with Gasteiger partial charge in [-0.15, -0.1) is 0 Å². The topological polar surface area (TPSA) is 64.3 Å². The Morgan fingerprint density at radius 3 is 2.37 bits per heavy atom. The highest BCUT2D eigenvalue weighted by Gasteiger charge is 2.15. The fourth-order valence-electron chi connectivity index (χ4n) is 2.94. The highest BCUT2D eigenvalue weighted by atomic mass is 16.7. The highest BCUT2D eigenvalue weighted by Crippen LogP contribution is 2.26. The number of hydrogen-bond acceptors (Lipinski definition) is 5. The molecule has 0 aliphatic heterocycles. The minimum absolute atomic E-state index is 0.639. The molecule has 0 aliphatic carbocycles. The summed E-state index contributed by atoms with van der Waals surface area (Å²) in [5, 5.41) is 2.67. The minimum atomic E-state index is 0.639. The lowest BCUT2D eigenvalue weighted by molar-refractivity contribution is 0.277. The van der Waals surface area contributed by atoms with E-state index in [1.54, 1.807) is 6.33 Å². The summed E-state index contributed by atoms with van der Waals surface area (Å²) < 4.78 is 0. The average Bonchev–Trinajstić information content (AvgIpc) is 2.72. The molecule has 134 valence electrons. The first-order chi connectivity index (χ1) is 13.3. The summed E-state index contributed by atoms with van der Waals surface area (Å²) in [6.45, 7) is 0.639. The number of rotatable bonds is 6. The van der Waals surface area contributed by atoms with Gasteiger partial charge in [-0.25, -0.2) is 9.97 Å². The second-order valence-electron chi connectivity index (χ2n) is 6.22. The number of para-hydroxylation sites is 1. The maximum atomic E-state index is 6.17. The lowest BCUT2D eigenvalue weighted by atomic mass is 10.1. The standard InChI is InChI=1S/C22H20N4O/c23-18-11-12-21-20(15-18)22(25-16-24-21)26(27-19-9-5-2-6-10-19)14-13-17-7-3-1-4-8-17/h1-12,15-16H,13-14,23H2. The van der Waals surface area contributed by atoms with E-state index in [0.717, 1.165) is 23.1 Å². The second kappa shape index (κ2) is 7.74. The number of nitrogen functional groups attached to an aromatic ring is 1. The molecule has 4 aromatic rings. The van der Waals surface area contributed by atoms with Gasteiger partial charge in [0, 0.05) is 11.1 Å². The molecule has 0 atom stereocenters. The number of anilines is 2. The third-order valence-electron chi connectivity index (χ3n) is 4.28. The van der Waals surface area contributed by atoms with Crippen LogP contribution in [0.2, 0.25) is 0 Å². The van der Waals surface area contributed by atoms with Gasteiger partial charge in [-0.2, -0.15) is 5.06 Å². The van der Waals surface area contributed by atoms with Crippen molar-refractivity contribution < 1.29 is 4.84 Å². The number of nitrogens with zero attached hydrogens (tertiary/aromatic N) is 3. The van der Waals surface area contributed by atoms with Gasteiger partial charge in [-0.3, -0.25) is 0 Å². The first-order valence-corrected chi connectivity index (χ1v) is 8.84. The molecule has 3 aromatic carbocycles. The van der Waals surface area contributed by atoms with Gasteiger partial charge in [0.1, 0.15) is 6.33 Å². The van der Waals surface area contributed by atoms with Crippen LogP contribution >= 0.6 is 0 Å². The summed E-state index contributed by atoms with van der Waals surface area (Å²) in [6, 6.07) is 25.6. The molecule has 5 heteroatoms. The quantitative estimate of drug-likeness (QED) is 0.413. The van der Waals surface area contributed by atoms with E-state index in [9.17, 15) is 0 Å². The molecule has 0 bridgehead atoms. The van der Waals surface area contributed by atoms with Crippen molar-refractivity contribution in [2.75, 3.05) is 17.3 Å². The highest BCUT2D eigenvalue weighted by molar-refractivity contribution is 5.91. The van der Waals surface area contributed by atoms with E-state index in [-0.39, 0.29) is 0 Å². The predicted octanol–water partition coefficient (Wildman–Crippen LogP) is 4.26. The van der Waals surface area contributed by atoms with Crippen LogP contribution in [0.3, 0.4) is 0 Å². The molecule has 1 heterocycles. The zero-order chi connectivity index (χ0) is 18.5. The summed E-state index contributed by atoms with van der Waals surface area (Å²) in [6.07, 6.45) is 2.37. The summed E-state index contributed by atoms with van der Waals surface area (Å²) >= 11 is 0. The molecule has 0 spiro atoms. The molecule has 0 unspecified atom stereocenters. The number of hydroxylamine groups is 1. The zero-order valence-electron chi connectivity index (χ0n) is 14.8. The largest absolute Gasteiger partial charge is 0.399 e. The Morgan fingerprint density at radius 1 is 0.852 bits per heavy atom. The number of nitrogens with two attached hydrogens (primary N) is 1. The number of aromatic nitrogens is 2. The molecule has 0 fully saturated rings. The van der Waals surface area contributed by atoms with Crippen molar-refractivity contribution in [1.82, 2.24) is 9.97 Å². The van der Waals surface area contributed by atoms with Gasteiger partial charge < -0.3 is 10.6 Å². The van der Waals surface area contributed by atoms with Gasteiger partial charge in [-0.1, -0.05) is 48.5 Å². The predicted molar refractivity (Wildman–Crippen MR) is 109 cm³/mol. The Morgan fingerprint density at radius 2 is 1.59 bits per heavy atom. The van der Waals surface area contributed by atoms with Crippen LogP contribution in [0.15, 0.2) is 85.2 Å². The third-order valence-corrected chi connectivity index (χ3v) is 4.28. The fraction of sp³-hybridized carbons (Fsp3) is 0.0909. The van der Waals surface area contributed by atoms with Crippen LogP contribution in [0.4, 0.5) is 11.5 Å². The van der Waals surface area contributed by atoms with Crippen LogP contribution in [0.5, 0.6) is 5.75 Å². The van der Waals surface area contributed by atoms with Crippen LogP contribution in [-0.2, 0) is 6.42 Å². The van der Waals surface area contributed by atoms with E-state index in [0.29, 0.717) is 18.1 Å². The van der Waals surface area contributed by atoms with Gasteiger partial charge in [0.25, 0.3) is 0 Å². The average molecular weight is 356 g/mol. The molecule has 0 amide bonds. The lowest BCUT2D eigenvalue weighted by Crippen LogP contribution is -2.30. The van der Waals surface area contributed by atoms with Crippen LogP contribution in [0.25, 0.3) is 10.9 Å². The van der Waals surface area contributed by atoms with E-state index in [2.05, 4.69) is 22.1 Å². The van der Waals surface area contributed by atoms with Crippen LogP contribution in [0, 0.1) is 0 Å². The van der Waals surface area contributed by atoms with Gasteiger partial charge in [0.15, 0.2) is 11.6 Å². The van der Waals surface area contributed by atoms with Crippen LogP contribution in [0.1, 0.15) is 5.56 Å². The van der Waals surface area contributed by atoms with Crippen molar-refractivity contribution in [3.05, 3.63) is 90.8 Å². The van der Waals surface area contributed by atoms with Crippen LogP contribution < -0.4 is 15.6 Å². The number of hydrogen-bond donors (Lipinski definition) is 1. The first kappa shape index (κ1) is 16.8. The van der Waals surface area contributed by atoms with Crippen LogP contribution in [-0.4, -0.2) is 16.5 Å². The molecular weight excluding hydrogens is 336 g/mol. The summed E-state index contributed by atoms with van der Waals surface area (Å²) in [5.41, 5.74) is 8.73. The van der Waals surface area contributed by atoms with Gasteiger partial charge in [-0.05, 0) is 42.3 Å². The van der Waals surface area contributed by atoms with E-state index >= 15 is 0 Å². The summed E-state index contributed by atoms with van der Waals surface area (Å²) in [7, 11) is 0. The smallest absolute Gasteiger partial charge is 0.174 e. The Balaban J connectivity index is 1.70. The maximum Gasteiger partial charge on any atom is 0.174 e. The maximum absolute atomic E-state index is 6.17. The monoisotopic (exact) mass is 356 g/mol. The molecule has 0 saturated carbocycles. The molecule has 1 aromatic heterocycles. The Labute approximate surface area is 158 Å². The summed E-state index contributed by atoms with van der Waals surface area (Å²) in [5.74, 6) is 1.45. The SMILES string of the molecule is Nc1ccc2ncnc(N(CCc3ccccc3)Oc3ccccc3)c2c1. The fourth-order valence-corrected chi connectivity index (χ4v) is 2.94. The number of fused-ring (bicyclic) bond motifs is 1. The van der Waals surface area contributed by atoms with Crippen molar-refractivity contribution in [2.24, 2.45) is 0 Å². The Hall–Kier alpha value is -3.60. The van der Waals surface area contributed by atoms with E-state index in [1.807, 2.05) is 71.8 Å². The van der Waals surface area contributed by atoms with Crippen molar-refractivity contribution in [2.45, 2.75) is 6.42 Å². The van der Waals surface area contributed by atoms with E-state index < -0.39 is 0 Å². The van der Waals surface area contributed by atoms with E-state index in [4.69, 9.17) is 10.6 Å². The lowest BCUT2D eigenvalue weighted by Gasteiger charge is -2.24. The molecule has 4 rings (SSSR count). The first-order valence-electron chi connectivity index (χ1n) is 8.84. The van der Waals surface area contributed by atoms with E-state index in [1.165, 1.54) is 5.56 Å². The Kier molecular flexibility index (Phi) is 4.83. The molecule has 0 aliphatic rings. The van der Waals surface area contributed by atoms with Crippen molar-refractivity contribution in [1.29, 1.82) is 0 Å². The second-order valence-corrected chi connectivity index (χ2v) is 6.22. The van der Waals surface area contributed by atoms with Crippen molar-refractivity contribution in [3.8, 4) is 5.75 Å². The minimum Gasteiger partial charge on any atom is -0.399 e. The Bertz CT molecular complexity index is 1020. The van der Waals surface area contributed by atoms with Gasteiger partial charge >= 0.3 is 0 Å². The number of benzene rings is 3. The molecule has 5 nitrogen and oxygen atoms in total. The summed E-state index contributed by atoms with van der Waals surface area (Å²) in [4.78, 5) is 15.0. The van der Waals surface area contributed by atoms with Gasteiger partial charge in [0.05, 0.1) is 12.1 Å². The van der Waals surface area contributed by atoms with Gasteiger partial charge in [0.2, 0.25) is 0 Å². The molecule has 2 N–H and O–H groups in total. The molecular formula is C22H20N4O. The zero-order valence-corrected chi connectivity index (χ0v) is 14.8. The molecule has 0 saturated heterocycles. The normalized spacial score (nSPS) is 10.7. The molecule has 0 radical (unpaired) electrons. The molecule has 27 heavy (non-hydrogen) atoms. The van der Waals surface area contributed by atoms with Crippen molar-refractivity contribution in [3.63, 3.8) is 0 Å². The third kappa shape index (κ3) is 3.98. The van der Waals surface area contributed by atoms with Crippen molar-refractivity contribution >= 4 is 22.4 Å².